The summed E-state index contributed by atoms with van der Waals surface area (Å²) in [5.41, 5.74) is 2.43. The first-order valence-electron chi connectivity index (χ1n) is 6.87. The zero-order valence-corrected chi connectivity index (χ0v) is 12.1. The van der Waals surface area contributed by atoms with Gasteiger partial charge in [-0.3, -0.25) is 9.78 Å². The summed E-state index contributed by atoms with van der Waals surface area (Å²) in [4.78, 5) is 16.3. The molecule has 0 aliphatic heterocycles. The third-order valence-electron chi connectivity index (χ3n) is 3.08. The first-order chi connectivity index (χ1) is 10.1. The van der Waals surface area contributed by atoms with Crippen LogP contribution in [0.1, 0.15) is 29.3 Å². The summed E-state index contributed by atoms with van der Waals surface area (Å²) >= 11 is 0. The number of anilines is 2. The smallest absolute Gasteiger partial charge is 0.259 e. The maximum Gasteiger partial charge on any atom is 0.259 e. The van der Waals surface area contributed by atoms with Gasteiger partial charge in [-0.05, 0) is 37.1 Å². The summed E-state index contributed by atoms with van der Waals surface area (Å²) in [5.74, 6) is -0.693. The van der Waals surface area contributed by atoms with E-state index in [1.165, 1.54) is 18.3 Å². The van der Waals surface area contributed by atoms with Gasteiger partial charge in [0.2, 0.25) is 0 Å². The van der Waals surface area contributed by atoms with Gasteiger partial charge in [-0.2, -0.15) is 0 Å². The summed E-state index contributed by atoms with van der Waals surface area (Å²) in [5, 5.41) is 5.91. The normalized spacial score (nSPS) is 10.2. The molecular formula is C16H18FN3O. The quantitative estimate of drug-likeness (QED) is 0.883. The molecule has 0 radical (unpaired) electrons. The van der Waals surface area contributed by atoms with Crippen molar-refractivity contribution >= 4 is 17.3 Å². The number of nitrogens with zero attached hydrogens (tertiary/aromatic N) is 1. The number of benzene rings is 1. The number of aryl methyl sites for hydroxylation is 1. The SMILES string of the molecule is CCCNc1ccncc1C(=O)Nc1cc(F)ccc1C. The lowest BCUT2D eigenvalue weighted by molar-refractivity contribution is 0.102. The number of aromatic nitrogens is 1. The summed E-state index contributed by atoms with van der Waals surface area (Å²) in [6.45, 7) is 4.63. The fourth-order valence-corrected chi connectivity index (χ4v) is 1.91. The van der Waals surface area contributed by atoms with Crippen molar-refractivity contribution in [3.05, 3.63) is 53.6 Å². The van der Waals surface area contributed by atoms with Crippen LogP contribution in [0.2, 0.25) is 0 Å². The number of hydrogen-bond acceptors (Lipinski definition) is 3. The Morgan fingerprint density at radius 3 is 2.86 bits per heavy atom. The van der Waals surface area contributed by atoms with Crippen LogP contribution in [-0.4, -0.2) is 17.4 Å². The van der Waals surface area contributed by atoms with Gasteiger partial charge in [-0.15, -0.1) is 0 Å². The van der Waals surface area contributed by atoms with E-state index in [1.54, 1.807) is 18.3 Å². The van der Waals surface area contributed by atoms with E-state index in [0.717, 1.165) is 24.2 Å². The molecular weight excluding hydrogens is 269 g/mol. The highest BCUT2D eigenvalue weighted by Gasteiger charge is 2.13. The summed E-state index contributed by atoms with van der Waals surface area (Å²) in [7, 11) is 0. The van der Waals surface area contributed by atoms with Crippen molar-refractivity contribution in [2.45, 2.75) is 20.3 Å². The molecule has 0 saturated heterocycles. The van der Waals surface area contributed by atoms with E-state index in [2.05, 4.69) is 15.6 Å². The zero-order valence-electron chi connectivity index (χ0n) is 12.1. The number of nitrogens with one attached hydrogen (secondary N) is 2. The number of halogens is 1. The Morgan fingerprint density at radius 1 is 1.29 bits per heavy atom. The van der Waals surface area contributed by atoms with E-state index in [4.69, 9.17) is 0 Å². The van der Waals surface area contributed by atoms with Gasteiger partial charge in [0.15, 0.2) is 0 Å². The molecule has 0 aliphatic carbocycles. The monoisotopic (exact) mass is 287 g/mol. The standard InChI is InChI=1S/C16H18FN3O/c1-3-7-19-14-6-8-18-10-13(14)16(21)20-15-9-12(17)5-4-11(15)2/h4-6,8-10H,3,7H2,1-2H3,(H,18,19)(H,20,21). The highest BCUT2D eigenvalue weighted by molar-refractivity contribution is 6.08. The molecule has 0 atom stereocenters. The lowest BCUT2D eigenvalue weighted by atomic mass is 10.1. The van der Waals surface area contributed by atoms with Crippen LogP contribution in [0.25, 0.3) is 0 Å². The Balaban J connectivity index is 2.22. The average molecular weight is 287 g/mol. The van der Waals surface area contributed by atoms with Crippen molar-refractivity contribution in [1.82, 2.24) is 4.98 Å². The van der Waals surface area contributed by atoms with Crippen molar-refractivity contribution < 1.29 is 9.18 Å². The number of carbonyl (C=O) groups is 1. The molecule has 2 N–H and O–H groups in total. The molecule has 4 nitrogen and oxygen atoms in total. The van der Waals surface area contributed by atoms with Crippen LogP contribution in [0.5, 0.6) is 0 Å². The summed E-state index contributed by atoms with van der Waals surface area (Å²) in [6, 6.07) is 6.06. The Kier molecular flexibility index (Phi) is 4.87. The Morgan fingerprint density at radius 2 is 2.10 bits per heavy atom. The minimum Gasteiger partial charge on any atom is -0.384 e. The van der Waals surface area contributed by atoms with Gasteiger partial charge in [-0.1, -0.05) is 13.0 Å². The van der Waals surface area contributed by atoms with E-state index in [9.17, 15) is 9.18 Å². The third kappa shape index (κ3) is 3.78. The molecule has 5 heteroatoms. The molecule has 110 valence electrons. The number of pyridine rings is 1. The van der Waals surface area contributed by atoms with E-state index in [-0.39, 0.29) is 11.7 Å². The van der Waals surface area contributed by atoms with Gasteiger partial charge in [0.1, 0.15) is 5.82 Å². The van der Waals surface area contributed by atoms with Gasteiger partial charge < -0.3 is 10.6 Å². The van der Waals surface area contributed by atoms with Gasteiger partial charge in [0.25, 0.3) is 5.91 Å². The maximum absolute atomic E-state index is 13.3. The summed E-state index contributed by atoms with van der Waals surface area (Å²) in [6.07, 6.45) is 4.08. The molecule has 1 aromatic carbocycles. The Bertz CT molecular complexity index is 643. The van der Waals surface area contributed by atoms with Gasteiger partial charge in [0.05, 0.1) is 11.3 Å². The van der Waals surface area contributed by atoms with Crippen molar-refractivity contribution in [2.75, 3.05) is 17.2 Å². The highest BCUT2D eigenvalue weighted by Crippen LogP contribution is 2.19. The number of rotatable bonds is 5. The molecule has 0 bridgehead atoms. The molecule has 2 aromatic rings. The first kappa shape index (κ1) is 15.0. The van der Waals surface area contributed by atoms with Crippen LogP contribution in [-0.2, 0) is 0 Å². The minimum absolute atomic E-state index is 0.310. The first-order valence-corrected chi connectivity index (χ1v) is 6.87. The maximum atomic E-state index is 13.3. The lowest BCUT2D eigenvalue weighted by Gasteiger charge is -2.12. The Labute approximate surface area is 123 Å². The molecule has 2 rings (SSSR count). The van der Waals surface area contributed by atoms with E-state index in [0.29, 0.717) is 11.3 Å². The topological polar surface area (TPSA) is 54.0 Å². The van der Waals surface area contributed by atoms with Crippen molar-refractivity contribution in [3.8, 4) is 0 Å². The predicted octanol–water partition coefficient (Wildman–Crippen LogP) is 3.60. The van der Waals surface area contributed by atoms with Gasteiger partial charge >= 0.3 is 0 Å². The van der Waals surface area contributed by atoms with Gasteiger partial charge in [0, 0.05) is 24.6 Å². The number of carbonyl (C=O) groups excluding carboxylic acids is 1. The number of amides is 1. The second-order valence-electron chi connectivity index (χ2n) is 4.76. The average Bonchev–Trinajstić information content (AvgIpc) is 2.49. The molecule has 1 aromatic heterocycles. The van der Waals surface area contributed by atoms with E-state index >= 15 is 0 Å². The minimum atomic E-state index is -0.383. The second kappa shape index (κ2) is 6.83. The molecule has 21 heavy (non-hydrogen) atoms. The molecule has 0 saturated carbocycles. The van der Waals surface area contributed by atoms with Crippen LogP contribution in [0.4, 0.5) is 15.8 Å². The lowest BCUT2D eigenvalue weighted by Crippen LogP contribution is -2.16. The molecule has 1 amide bonds. The molecule has 0 aliphatic rings. The van der Waals surface area contributed by atoms with Crippen molar-refractivity contribution in [3.63, 3.8) is 0 Å². The highest BCUT2D eigenvalue weighted by atomic mass is 19.1. The van der Waals surface area contributed by atoms with E-state index < -0.39 is 0 Å². The zero-order chi connectivity index (χ0) is 15.2. The second-order valence-corrected chi connectivity index (χ2v) is 4.76. The number of hydrogen-bond donors (Lipinski definition) is 2. The molecule has 0 unspecified atom stereocenters. The molecule has 1 heterocycles. The van der Waals surface area contributed by atoms with Crippen LogP contribution in [0.3, 0.4) is 0 Å². The molecule has 0 spiro atoms. The molecule has 0 fully saturated rings. The van der Waals surface area contributed by atoms with Crippen LogP contribution in [0, 0.1) is 12.7 Å². The summed E-state index contributed by atoms with van der Waals surface area (Å²) < 4.78 is 13.3. The van der Waals surface area contributed by atoms with Crippen molar-refractivity contribution in [1.29, 1.82) is 0 Å². The largest absolute Gasteiger partial charge is 0.384 e. The predicted molar refractivity (Wildman–Crippen MR) is 82.1 cm³/mol. The fourth-order valence-electron chi connectivity index (χ4n) is 1.91. The Hall–Kier alpha value is -2.43. The fraction of sp³-hybridized carbons (Fsp3) is 0.250. The van der Waals surface area contributed by atoms with Gasteiger partial charge in [-0.25, -0.2) is 4.39 Å². The third-order valence-corrected chi connectivity index (χ3v) is 3.08. The van der Waals surface area contributed by atoms with Crippen molar-refractivity contribution in [2.24, 2.45) is 0 Å². The van der Waals surface area contributed by atoms with Crippen LogP contribution >= 0.6 is 0 Å². The van der Waals surface area contributed by atoms with Crippen LogP contribution in [0.15, 0.2) is 36.7 Å². The van der Waals surface area contributed by atoms with E-state index in [1.807, 2.05) is 13.8 Å². The van der Waals surface area contributed by atoms with Crippen LogP contribution < -0.4 is 10.6 Å².